The number of ether oxygens (including phenoxy) is 1. The summed E-state index contributed by atoms with van der Waals surface area (Å²) in [6.45, 7) is -0.109. The summed E-state index contributed by atoms with van der Waals surface area (Å²) >= 11 is 5.83. The molecule has 0 amide bonds. The lowest BCUT2D eigenvalue weighted by atomic mass is 10.1. The summed E-state index contributed by atoms with van der Waals surface area (Å²) in [5, 5.41) is 12.7. The van der Waals surface area contributed by atoms with Crippen molar-refractivity contribution in [2.45, 2.75) is 25.6 Å². The predicted molar refractivity (Wildman–Crippen MR) is 108 cm³/mol. The van der Waals surface area contributed by atoms with Gasteiger partial charge in [-0.1, -0.05) is 11.6 Å². The monoisotopic (exact) mass is 501 g/mol. The van der Waals surface area contributed by atoms with Crippen LogP contribution in [0.15, 0.2) is 40.2 Å². The molecule has 0 aliphatic carbocycles. The molecular formula is C20H13ClF5N5O3. The molecule has 3 rings (SSSR count). The molecule has 0 atom stereocenters. The maximum absolute atomic E-state index is 13.8. The SMILES string of the molecule is Cn1nc(Cn2cnc(C(F)(F)F)c(Oc3cc(Cl)cc(C#N)c3)c2=O)cc(C(C)(F)F)c1=O. The van der Waals surface area contributed by atoms with Crippen LogP contribution in [0.4, 0.5) is 22.0 Å². The van der Waals surface area contributed by atoms with Crippen LogP contribution >= 0.6 is 11.6 Å². The van der Waals surface area contributed by atoms with Gasteiger partial charge >= 0.3 is 6.18 Å². The minimum absolute atomic E-state index is 0.0331. The number of benzene rings is 1. The summed E-state index contributed by atoms with van der Waals surface area (Å²) in [6, 6.07) is 5.87. The van der Waals surface area contributed by atoms with E-state index in [9.17, 15) is 31.5 Å². The molecule has 0 aliphatic heterocycles. The normalized spacial score (nSPS) is 11.9. The van der Waals surface area contributed by atoms with E-state index in [-0.39, 0.29) is 22.0 Å². The zero-order valence-electron chi connectivity index (χ0n) is 17.3. The molecule has 3 aromatic rings. The van der Waals surface area contributed by atoms with Crippen molar-refractivity contribution >= 4 is 11.6 Å². The van der Waals surface area contributed by atoms with Gasteiger partial charge in [-0.3, -0.25) is 14.2 Å². The van der Waals surface area contributed by atoms with E-state index in [1.54, 1.807) is 6.07 Å². The Hall–Kier alpha value is -3.79. The third-order valence-corrected chi connectivity index (χ3v) is 4.62. The van der Waals surface area contributed by atoms with E-state index in [4.69, 9.17) is 21.6 Å². The highest BCUT2D eigenvalue weighted by Gasteiger charge is 2.39. The first kappa shape index (κ1) is 24.8. The molecule has 0 fully saturated rings. The standard InChI is InChI=1S/C20H13ClF5N5O3/c1-19(22,23)14-6-12(29-30(2)17(14)32)8-31-9-28-16(20(24,25)26)15(18(31)33)34-13-4-10(7-27)3-11(21)5-13/h3-6,9H,8H2,1-2H3. The smallest absolute Gasteiger partial charge is 0.437 e. The van der Waals surface area contributed by atoms with Gasteiger partial charge in [-0.15, -0.1) is 0 Å². The first-order valence-corrected chi connectivity index (χ1v) is 9.59. The van der Waals surface area contributed by atoms with Gasteiger partial charge < -0.3 is 4.74 Å². The van der Waals surface area contributed by atoms with Crippen LogP contribution in [-0.4, -0.2) is 19.3 Å². The quantitative estimate of drug-likeness (QED) is 0.492. The van der Waals surface area contributed by atoms with E-state index < -0.39 is 46.8 Å². The molecule has 1 aromatic carbocycles. The third-order valence-electron chi connectivity index (χ3n) is 4.40. The second-order valence-corrected chi connectivity index (χ2v) is 7.55. The molecule has 0 saturated carbocycles. The van der Waals surface area contributed by atoms with Gasteiger partial charge in [0.05, 0.1) is 35.8 Å². The summed E-state index contributed by atoms with van der Waals surface area (Å²) < 4.78 is 74.4. The van der Waals surface area contributed by atoms with Crippen LogP contribution in [0.1, 0.15) is 29.4 Å². The molecule has 0 N–H and O–H groups in total. The highest BCUT2D eigenvalue weighted by Crippen LogP contribution is 2.35. The van der Waals surface area contributed by atoms with Gasteiger partial charge in [0.25, 0.3) is 17.0 Å². The number of aromatic nitrogens is 4. The van der Waals surface area contributed by atoms with Gasteiger partial charge in [0, 0.05) is 19.0 Å². The van der Waals surface area contributed by atoms with Crippen molar-refractivity contribution in [2.75, 3.05) is 0 Å². The fourth-order valence-electron chi connectivity index (χ4n) is 2.92. The molecule has 0 unspecified atom stereocenters. The number of hydrogen-bond donors (Lipinski definition) is 0. The molecule has 2 heterocycles. The minimum atomic E-state index is -5.09. The first-order chi connectivity index (χ1) is 15.7. The zero-order chi connectivity index (χ0) is 25.4. The van der Waals surface area contributed by atoms with Crippen LogP contribution in [0, 0.1) is 11.3 Å². The highest BCUT2D eigenvalue weighted by atomic mass is 35.5. The van der Waals surface area contributed by atoms with Crippen molar-refractivity contribution in [3.63, 3.8) is 0 Å². The van der Waals surface area contributed by atoms with Crippen molar-refractivity contribution in [1.29, 1.82) is 5.26 Å². The lowest BCUT2D eigenvalue weighted by Crippen LogP contribution is -2.32. The molecule has 178 valence electrons. The molecule has 14 heteroatoms. The van der Waals surface area contributed by atoms with Crippen molar-refractivity contribution in [3.8, 4) is 17.6 Å². The number of aryl methyl sites for hydroxylation is 1. The zero-order valence-corrected chi connectivity index (χ0v) is 18.1. The molecule has 0 saturated heterocycles. The second-order valence-electron chi connectivity index (χ2n) is 7.11. The molecule has 8 nitrogen and oxygen atoms in total. The largest absolute Gasteiger partial charge is 0.449 e. The number of hydrogen-bond acceptors (Lipinski definition) is 6. The average Bonchev–Trinajstić information content (AvgIpc) is 2.71. The van der Waals surface area contributed by atoms with E-state index in [1.165, 1.54) is 6.07 Å². The number of nitriles is 1. The Morgan fingerprint density at radius 3 is 2.38 bits per heavy atom. The Morgan fingerprint density at radius 1 is 1.12 bits per heavy atom. The molecule has 2 aromatic heterocycles. The van der Waals surface area contributed by atoms with Crippen molar-refractivity contribution < 1.29 is 26.7 Å². The molecular weight excluding hydrogens is 489 g/mol. The van der Waals surface area contributed by atoms with Crippen molar-refractivity contribution in [2.24, 2.45) is 7.05 Å². The van der Waals surface area contributed by atoms with Crippen LogP contribution in [-0.2, 0) is 25.7 Å². The van der Waals surface area contributed by atoms with E-state index in [0.29, 0.717) is 22.5 Å². The van der Waals surface area contributed by atoms with Gasteiger partial charge in [-0.25, -0.2) is 18.4 Å². The van der Waals surface area contributed by atoms with Crippen molar-refractivity contribution in [1.82, 2.24) is 19.3 Å². The number of halogens is 6. The summed E-state index contributed by atoms with van der Waals surface area (Å²) in [4.78, 5) is 28.1. The molecule has 0 aliphatic rings. The van der Waals surface area contributed by atoms with E-state index in [0.717, 1.165) is 25.2 Å². The van der Waals surface area contributed by atoms with Gasteiger partial charge in [0.2, 0.25) is 5.75 Å². The fraction of sp³-hybridized carbons (Fsp3) is 0.250. The Labute approximate surface area is 192 Å². The van der Waals surface area contributed by atoms with Gasteiger partial charge in [-0.05, 0) is 24.3 Å². The number of nitrogens with zero attached hydrogens (tertiary/aromatic N) is 5. The van der Waals surface area contributed by atoms with Crippen LogP contribution < -0.4 is 15.9 Å². The maximum atomic E-state index is 13.8. The first-order valence-electron chi connectivity index (χ1n) is 9.21. The Bertz CT molecular complexity index is 1420. The molecule has 34 heavy (non-hydrogen) atoms. The lowest BCUT2D eigenvalue weighted by molar-refractivity contribution is -0.142. The summed E-state index contributed by atoms with van der Waals surface area (Å²) in [5.74, 6) is -5.10. The summed E-state index contributed by atoms with van der Waals surface area (Å²) in [6.07, 6.45) is -4.54. The molecule has 0 bridgehead atoms. The maximum Gasteiger partial charge on any atom is 0.437 e. The fourth-order valence-corrected chi connectivity index (χ4v) is 3.14. The van der Waals surface area contributed by atoms with Crippen molar-refractivity contribution in [3.05, 3.63) is 78.8 Å². The average molecular weight is 502 g/mol. The predicted octanol–water partition coefficient (Wildman–Crippen LogP) is 3.83. The third kappa shape index (κ3) is 5.23. The highest BCUT2D eigenvalue weighted by molar-refractivity contribution is 6.30. The van der Waals surface area contributed by atoms with E-state index in [2.05, 4.69) is 10.1 Å². The number of rotatable bonds is 5. The number of alkyl halides is 5. The summed E-state index contributed by atoms with van der Waals surface area (Å²) in [7, 11) is 1.11. The second kappa shape index (κ2) is 8.86. The lowest BCUT2D eigenvalue weighted by Gasteiger charge is -2.16. The Kier molecular flexibility index (Phi) is 6.48. The van der Waals surface area contributed by atoms with Gasteiger partial charge in [0.1, 0.15) is 5.75 Å². The van der Waals surface area contributed by atoms with Gasteiger partial charge in [0.15, 0.2) is 5.69 Å². The van der Waals surface area contributed by atoms with Crippen LogP contribution in [0.25, 0.3) is 0 Å². The van der Waals surface area contributed by atoms with Crippen LogP contribution in [0.5, 0.6) is 11.5 Å². The molecule has 0 radical (unpaired) electrons. The van der Waals surface area contributed by atoms with E-state index in [1.807, 2.05) is 0 Å². The topological polar surface area (TPSA) is 103 Å². The summed E-state index contributed by atoms with van der Waals surface area (Å²) in [5.41, 5.74) is -5.21. The van der Waals surface area contributed by atoms with Crippen LogP contribution in [0.2, 0.25) is 5.02 Å². The molecule has 0 spiro atoms. The van der Waals surface area contributed by atoms with E-state index >= 15 is 0 Å². The van der Waals surface area contributed by atoms with Crippen LogP contribution in [0.3, 0.4) is 0 Å². The Balaban J connectivity index is 2.13. The minimum Gasteiger partial charge on any atom is -0.449 e. The van der Waals surface area contributed by atoms with Gasteiger partial charge in [-0.2, -0.15) is 23.5 Å². The Morgan fingerprint density at radius 2 is 1.79 bits per heavy atom.